The molecule has 206 valence electrons. The van der Waals surface area contributed by atoms with E-state index >= 15 is 0 Å². The van der Waals surface area contributed by atoms with E-state index in [1.54, 1.807) is 11.3 Å². The number of para-hydroxylation sites is 1. The van der Waals surface area contributed by atoms with Crippen molar-refractivity contribution in [1.29, 1.82) is 0 Å². The van der Waals surface area contributed by atoms with E-state index in [0.29, 0.717) is 0 Å². The Balaban J connectivity index is 0.000000759. The summed E-state index contributed by atoms with van der Waals surface area (Å²) < 4.78 is 3.54. The number of thiophene rings is 1. The minimum Gasteiger partial charge on any atom is -0.292 e. The Bertz CT molecular complexity index is 2070. The fourth-order valence-corrected chi connectivity index (χ4v) is 6.62. The third-order valence-corrected chi connectivity index (χ3v) is 8.34. The van der Waals surface area contributed by atoms with E-state index in [-0.39, 0.29) is 0 Å². The highest BCUT2D eigenvalue weighted by Gasteiger charge is 2.20. The summed E-state index contributed by atoms with van der Waals surface area (Å²) in [6, 6.07) is 42.6. The van der Waals surface area contributed by atoms with Crippen LogP contribution in [0, 0.1) is 0 Å². The van der Waals surface area contributed by atoms with Crippen molar-refractivity contribution in [2.75, 3.05) is 4.93 Å². The summed E-state index contributed by atoms with van der Waals surface area (Å²) in [5, 5.41) is 4.92. The molecule has 0 unspecified atom stereocenters. The van der Waals surface area contributed by atoms with Crippen LogP contribution in [0.25, 0.3) is 70.3 Å². The first-order valence-corrected chi connectivity index (χ1v) is 17.0. The summed E-state index contributed by atoms with van der Waals surface area (Å²) in [5.41, 5.74) is 6.54. The van der Waals surface area contributed by atoms with Crippen molar-refractivity contribution >= 4 is 76.0 Å². The van der Waals surface area contributed by atoms with Crippen LogP contribution in [0.15, 0.2) is 128 Å². The molecule has 5 heteroatoms. The second-order valence-corrected chi connectivity index (χ2v) is 10.5. The van der Waals surface area contributed by atoms with Gasteiger partial charge in [-0.3, -0.25) is 4.57 Å². The Hall–Kier alpha value is -4.07. The van der Waals surface area contributed by atoms with Crippen LogP contribution in [-0.2, 0) is 0 Å². The highest BCUT2D eigenvalue weighted by atomic mass is 127. The minimum absolute atomic E-state index is 0.886. The normalized spacial score (nSPS) is 10.9. The maximum atomic E-state index is 5.24. The molecule has 0 amide bonds. The molecule has 0 atom stereocenters. The zero-order chi connectivity index (χ0) is 29.1. The highest BCUT2D eigenvalue weighted by molar-refractivity contribution is 14.1. The molecule has 4 heterocycles. The van der Waals surface area contributed by atoms with Crippen LogP contribution >= 0.6 is 33.9 Å². The standard InChI is InChI=1S/C34H21N3S.C2H6.CH3I/c1-3-11-22(12-4-1)24-19-27(23-13-5-2-6-14-23)36-31(20-24)37-28-17-9-7-15-25(28)32-29(37)21-35-34-33(32)26-16-8-10-18-30(26)38-34;2*1-2/h1-21H;1-2H3;1H3. The van der Waals surface area contributed by atoms with Gasteiger partial charge in [-0.15, -0.1) is 11.3 Å². The monoisotopic (exact) mass is 675 g/mol. The van der Waals surface area contributed by atoms with Gasteiger partial charge in [-0.05, 0) is 40.3 Å². The van der Waals surface area contributed by atoms with E-state index < -0.39 is 0 Å². The van der Waals surface area contributed by atoms with Gasteiger partial charge in [0.1, 0.15) is 10.6 Å². The summed E-state index contributed by atoms with van der Waals surface area (Å²) in [6.07, 6.45) is 2.02. The lowest BCUT2D eigenvalue weighted by molar-refractivity contribution is 1.08. The van der Waals surface area contributed by atoms with E-state index in [1.165, 1.54) is 31.8 Å². The van der Waals surface area contributed by atoms with Crippen LogP contribution in [0.4, 0.5) is 0 Å². The maximum Gasteiger partial charge on any atom is 0.138 e. The van der Waals surface area contributed by atoms with Gasteiger partial charge in [0, 0.05) is 31.8 Å². The zero-order valence-electron chi connectivity index (χ0n) is 23.8. The summed E-state index contributed by atoms with van der Waals surface area (Å²) in [5.74, 6) is 0.886. The summed E-state index contributed by atoms with van der Waals surface area (Å²) in [4.78, 5) is 13.2. The molecule has 0 aliphatic rings. The van der Waals surface area contributed by atoms with Crippen LogP contribution in [-0.4, -0.2) is 19.5 Å². The number of benzene rings is 4. The van der Waals surface area contributed by atoms with Gasteiger partial charge in [0.05, 0.1) is 22.9 Å². The van der Waals surface area contributed by atoms with E-state index in [9.17, 15) is 0 Å². The van der Waals surface area contributed by atoms with Crippen molar-refractivity contribution in [2.45, 2.75) is 13.8 Å². The Kier molecular flexibility index (Phi) is 8.31. The molecule has 0 radical (unpaired) electrons. The molecule has 3 nitrogen and oxygen atoms in total. The van der Waals surface area contributed by atoms with Gasteiger partial charge in [-0.2, -0.15) is 0 Å². The van der Waals surface area contributed by atoms with Crippen molar-refractivity contribution in [3.05, 3.63) is 128 Å². The molecule has 0 fully saturated rings. The van der Waals surface area contributed by atoms with Crippen LogP contribution in [0.2, 0.25) is 0 Å². The fraction of sp³-hybridized carbons (Fsp3) is 0.0811. The van der Waals surface area contributed by atoms with Crippen molar-refractivity contribution in [3.63, 3.8) is 0 Å². The molecule has 0 N–H and O–H groups in total. The van der Waals surface area contributed by atoms with Crippen molar-refractivity contribution in [2.24, 2.45) is 0 Å². The number of hydrogen-bond acceptors (Lipinski definition) is 3. The van der Waals surface area contributed by atoms with Crippen LogP contribution in [0.5, 0.6) is 0 Å². The molecule has 4 aromatic carbocycles. The number of halogens is 1. The molecule has 0 spiro atoms. The smallest absolute Gasteiger partial charge is 0.138 e. The van der Waals surface area contributed by atoms with Crippen LogP contribution in [0.3, 0.4) is 0 Å². The largest absolute Gasteiger partial charge is 0.292 e. The number of pyridine rings is 2. The first kappa shape index (κ1) is 28.1. The lowest BCUT2D eigenvalue weighted by Crippen LogP contribution is -2.00. The molecule has 0 bridgehead atoms. The molecule has 0 aliphatic heterocycles. The molecule has 0 aliphatic carbocycles. The van der Waals surface area contributed by atoms with Crippen molar-refractivity contribution in [1.82, 2.24) is 14.5 Å². The minimum atomic E-state index is 0.886. The SMILES string of the molecule is CC.CI.c1ccc(-c2cc(-c3ccccc3)nc(-n3c4ccccc4c4c5c(ncc43)sc3ccccc35)c2)cc1. The number of rotatable bonds is 3. The highest BCUT2D eigenvalue weighted by Crippen LogP contribution is 2.42. The van der Waals surface area contributed by atoms with Crippen LogP contribution < -0.4 is 0 Å². The lowest BCUT2D eigenvalue weighted by Gasteiger charge is -2.12. The molecule has 0 saturated heterocycles. The van der Waals surface area contributed by atoms with Gasteiger partial charge in [0.15, 0.2) is 0 Å². The third-order valence-electron chi connectivity index (χ3n) is 7.26. The van der Waals surface area contributed by atoms with Gasteiger partial charge in [0.2, 0.25) is 0 Å². The van der Waals surface area contributed by atoms with Gasteiger partial charge in [-0.1, -0.05) is 134 Å². The van der Waals surface area contributed by atoms with Gasteiger partial charge < -0.3 is 0 Å². The molecule has 8 rings (SSSR count). The number of aromatic nitrogens is 3. The second kappa shape index (κ2) is 12.4. The molecule has 0 saturated carbocycles. The molecule has 8 aromatic rings. The van der Waals surface area contributed by atoms with Gasteiger partial charge in [-0.25, -0.2) is 9.97 Å². The van der Waals surface area contributed by atoms with Gasteiger partial charge in [0.25, 0.3) is 0 Å². The summed E-state index contributed by atoms with van der Waals surface area (Å²) in [7, 11) is 0. The van der Waals surface area contributed by atoms with E-state index in [2.05, 4.69) is 142 Å². The predicted octanol–water partition coefficient (Wildman–Crippen LogP) is 11.4. The van der Waals surface area contributed by atoms with Crippen molar-refractivity contribution < 1.29 is 0 Å². The van der Waals surface area contributed by atoms with Gasteiger partial charge >= 0.3 is 0 Å². The van der Waals surface area contributed by atoms with E-state index in [0.717, 1.165) is 38.5 Å². The molecule has 4 aromatic heterocycles. The van der Waals surface area contributed by atoms with E-state index in [4.69, 9.17) is 9.97 Å². The maximum absolute atomic E-state index is 5.24. The Morgan fingerprint density at radius 3 is 1.95 bits per heavy atom. The number of fused-ring (bicyclic) bond motifs is 7. The molecule has 42 heavy (non-hydrogen) atoms. The van der Waals surface area contributed by atoms with E-state index in [1.807, 2.05) is 31.0 Å². The fourth-order valence-electron chi connectivity index (χ4n) is 5.56. The average Bonchev–Trinajstić information content (AvgIpc) is 3.63. The summed E-state index contributed by atoms with van der Waals surface area (Å²) >= 11 is 3.90. The second-order valence-electron chi connectivity index (χ2n) is 9.48. The number of nitrogens with zero attached hydrogens (tertiary/aromatic N) is 3. The lowest BCUT2D eigenvalue weighted by atomic mass is 10.0. The predicted molar refractivity (Wildman–Crippen MR) is 191 cm³/mol. The third kappa shape index (κ3) is 4.86. The Morgan fingerprint density at radius 2 is 1.21 bits per heavy atom. The Morgan fingerprint density at radius 1 is 0.595 bits per heavy atom. The zero-order valence-corrected chi connectivity index (χ0v) is 26.7. The Labute approximate surface area is 263 Å². The number of hydrogen-bond donors (Lipinski definition) is 0. The van der Waals surface area contributed by atoms with Crippen molar-refractivity contribution in [3.8, 4) is 28.2 Å². The molecular formula is C37H30IN3S. The van der Waals surface area contributed by atoms with Crippen LogP contribution in [0.1, 0.15) is 13.8 Å². The first-order chi connectivity index (χ1) is 20.8. The first-order valence-electron chi connectivity index (χ1n) is 14.1. The quantitative estimate of drug-likeness (QED) is 0.138. The topological polar surface area (TPSA) is 30.7 Å². The number of alkyl halides is 1. The summed E-state index contributed by atoms with van der Waals surface area (Å²) in [6.45, 7) is 4.00. The average molecular weight is 676 g/mol. The molecular weight excluding hydrogens is 645 g/mol.